The Hall–Kier alpha value is -0.103. The maximum absolute atomic E-state index is 10.1. The zero-order valence-corrected chi connectivity index (χ0v) is 36.4. The van der Waals surface area contributed by atoms with E-state index in [2.05, 4.69) is 96.9 Å². The number of ether oxygens (including phenoxy) is 6. The molecule has 52 heavy (non-hydrogen) atoms. The average molecular weight is 751 g/mol. The quantitative estimate of drug-likeness (QED) is 0.247. The monoisotopic (exact) mass is 751 g/mol. The van der Waals surface area contributed by atoms with Gasteiger partial charge in [0.2, 0.25) is 8.32 Å². The third-order valence-electron chi connectivity index (χ3n) is 15.8. The van der Waals surface area contributed by atoms with Crippen LogP contribution in [0.25, 0.3) is 0 Å². The molecule has 0 aromatic heterocycles. The maximum atomic E-state index is 10.1. The lowest BCUT2D eigenvalue weighted by molar-refractivity contribution is -0.335. The summed E-state index contributed by atoms with van der Waals surface area (Å²) in [6.45, 7) is 33.6. The van der Waals surface area contributed by atoms with Gasteiger partial charge in [0.25, 0.3) is 0 Å². The first-order valence-corrected chi connectivity index (χ1v) is 23.8. The summed E-state index contributed by atoms with van der Waals surface area (Å²) in [5.74, 6) is 1.63. The van der Waals surface area contributed by atoms with Crippen LogP contribution in [0.5, 0.6) is 0 Å². The van der Waals surface area contributed by atoms with Crippen LogP contribution >= 0.6 is 0 Å². The summed E-state index contributed by atoms with van der Waals surface area (Å²) < 4.78 is 50.4. The maximum Gasteiger partial charge on any atom is 0.200 e. The second kappa shape index (κ2) is 15.7. The van der Waals surface area contributed by atoms with Crippen molar-refractivity contribution in [2.75, 3.05) is 13.2 Å². The fraction of sp³-hybridized carbons (Fsp3) is 1.00. The van der Waals surface area contributed by atoms with E-state index in [1.165, 1.54) is 0 Å². The van der Waals surface area contributed by atoms with Gasteiger partial charge in [0, 0.05) is 31.8 Å². The summed E-state index contributed by atoms with van der Waals surface area (Å²) in [7, 11) is -2.25. The minimum Gasteiger partial charge on any atom is -0.410 e. The van der Waals surface area contributed by atoms with E-state index in [4.69, 9.17) is 32.8 Å². The molecular formula is C43H78O8Si. The van der Waals surface area contributed by atoms with Crippen molar-refractivity contribution in [3.8, 4) is 0 Å². The number of hydrogen-bond donors (Lipinski definition) is 1. The normalized spacial score (nSPS) is 49.2. The molecule has 0 radical (unpaired) electrons. The smallest absolute Gasteiger partial charge is 0.200 e. The van der Waals surface area contributed by atoms with Gasteiger partial charge in [-0.15, -0.1) is 0 Å². The Morgan fingerprint density at radius 3 is 1.83 bits per heavy atom. The van der Waals surface area contributed by atoms with Crippen LogP contribution in [0.3, 0.4) is 0 Å². The van der Waals surface area contributed by atoms with Gasteiger partial charge in [-0.3, -0.25) is 0 Å². The fourth-order valence-electron chi connectivity index (χ4n) is 12.2. The molecule has 0 unspecified atom stereocenters. The van der Waals surface area contributed by atoms with Crippen LogP contribution in [-0.2, 0) is 32.8 Å². The SMILES string of the molecule is CC(C)[Si](O[C@@H]1C[C@@H]2O[C@@H]3C[C@@H]4O[C@@H]5[C@@H](C)[C@H](C)[C@@]6(C[C@H](C)CO6)O[C@H]5[C@@H](C)[C@H](C)[C@H]4O[C@H]3C[C@@H](C)C[C@H]2O[C@@]1(C)[C@H](C)CCO)(C(C)C)C(C)C. The average Bonchev–Trinajstić information content (AvgIpc) is 3.41. The van der Waals surface area contributed by atoms with Gasteiger partial charge in [-0.1, -0.05) is 90.0 Å². The van der Waals surface area contributed by atoms with Gasteiger partial charge in [0.15, 0.2) is 5.79 Å². The summed E-state index contributed by atoms with van der Waals surface area (Å²) in [5, 5.41) is 10.1. The molecular weight excluding hydrogens is 673 g/mol. The molecule has 0 saturated carbocycles. The Labute approximate surface area is 318 Å². The first-order chi connectivity index (χ1) is 24.4. The van der Waals surface area contributed by atoms with Gasteiger partial charge in [-0.25, -0.2) is 0 Å². The highest BCUT2D eigenvalue weighted by atomic mass is 28.4. The van der Waals surface area contributed by atoms with Crippen molar-refractivity contribution in [2.45, 2.75) is 218 Å². The van der Waals surface area contributed by atoms with Crippen LogP contribution in [0, 0.1) is 41.4 Å². The first kappa shape index (κ1) is 41.5. The van der Waals surface area contributed by atoms with Crippen molar-refractivity contribution < 1.29 is 38.0 Å². The third-order valence-corrected chi connectivity index (χ3v) is 21.9. The van der Waals surface area contributed by atoms with E-state index < -0.39 is 19.7 Å². The summed E-state index contributed by atoms with van der Waals surface area (Å²) in [6, 6.07) is 0. The molecule has 18 atom stereocenters. The Balaban J connectivity index is 1.28. The molecule has 6 fully saturated rings. The van der Waals surface area contributed by atoms with Crippen LogP contribution in [0.15, 0.2) is 0 Å². The van der Waals surface area contributed by atoms with Gasteiger partial charge in [0.1, 0.15) is 0 Å². The molecule has 0 aliphatic carbocycles. The Morgan fingerprint density at radius 1 is 0.654 bits per heavy atom. The topological polar surface area (TPSA) is 84.8 Å². The molecule has 6 rings (SSSR count). The van der Waals surface area contributed by atoms with Gasteiger partial charge in [0.05, 0.1) is 67.1 Å². The van der Waals surface area contributed by atoms with Gasteiger partial charge in [-0.2, -0.15) is 0 Å². The number of rotatable bonds is 8. The van der Waals surface area contributed by atoms with E-state index in [1.54, 1.807) is 0 Å². The number of aliphatic hydroxyl groups is 1. The van der Waals surface area contributed by atoms with Crippen molar-refractivity contribution in [1.82, 2.24) is 0 Å². The van der Waals surface area contributed by atoms with E-state index in [1.807, 2.05) is 0 Å². The Morgan fingerprint density at radius 2 is 1.23 bits per heavy atom. The lowest BCUT2D eigenvalue weighted by Crippen LogP contribution is -2.65. The number of aliphatic hydroxyl groups excluding tert-OH is 1. The first-order valence-electron chi connectivity index (χ1n) is 21.6. The van der Waals surface area contributed by atoms with E-state index in [0.717, 1.165) is 38.7 Å². The molecule has 0 amide bonds. The lowest BCUT2D eigenvalue weighted by atomic mass is 9.73. The predicted molar refractivity (Wildman–Crippen MR) is 208 cm³/mol. The summed E-state index contributed by atoms with van der Waals surface area (Å²) in [4.78, 5) is 0. The predicted octanol–water partition coefficient (Wildman–Crippen LogP) is 8.92. The van der Waals surface area contributed by atoms with Crippen molar-refractivity contribution >= 4 is 8.32 Å². The Bertz CT molecular complexity index is 1180. The standard InChI is InChI=1S/C43H78O8Si/c1-23(2)52(24(3)4,25(5)6)51-38-20-35-36(49-42(38,14)28(9)15-16-44)18-26(7)17-33-34(46-35)19-37-39(47-33)29(10)30(11)41-40(48-37)31(12)32(13)43(50-41)21-27(8)22-45-43/h23-41,44H,15-22H2,1-14H3/t26-,27+,28-,29+,30+,31+,32+,33+,34-,35+,36-,37+,38-,39-,40-,41+,42+,43-/m1/s1. The highest BCUT2D eigenvalue weighted by Crippen LogP contribution is 2.54. The van der Waals surface area contributed by atoms with Crippen LogP contribution < -0.4 is 0 Å². The van der Waals surface area contributed by atoms with Crippen molar-refractivity contribution in [1.29, 1.82) is 0 Å². The van der Waals surface area contributed by atoms with E-state index in [9.17, 15) is 5.11 Å². The third kappa shape index (κ3) is 7.18. The van der Waals surface area contributed by atoms with Gasteiger partial charge >= 0.3 is 0 Å². The van der Waals surface area contributed by atoms with E-state index in [0.29, 0.717) is 40.8 Å². The molecule has 302 valence electrons. The molecule has 8 nitrogen and oxygen atoms in total. The molecule has 0 aromatic carbocycles. The van der Waals surface area contributed by atoms with Crippen LogP contribution in [-0.4, -0.2) is 93.0 Å². The lowest BCUT2D eigenvalue weighted by Gasteiger charge is -2.57. The molecule has 6 aliphatic heterocycles. The molecule has 6 saturated heterocycles. The highest BCUT2D eigenvalue weighted by Gasteiger charge is 2.61. The molecule has 9 heteroatoms. The van der Waals surface area contributed by atoms with Gasteiger partial charge in [-0.05, 0) is 78.3 Å². The van der Waals surface area contributed by atoms with Crippen molar-refractivity contribution in [3.05, 3.63) is 0 Å². The number of hydrogen-bond acceptors (Lipinski definition) is 8. The van der Waals surface area contributed by atoms with Crippen LogP contribution in [0.4, 0.5) is 0 Å². The molecule has 1 spiro atoms. The molecule has 0 aromatic rings. The van der Waals surface area contributed by atoms with Gasteiger partial charge < -0.3 is 38.0 Å². The zero-order chi connectivity index (χ0) is 38.1. The highest BCUT2D eigenvalue weighted by molar-refractivity contribution is 6.77. The van der Waals surface area contributed by atoms with Crippen LogP contribution in [0.2, 0.25) is 16.6 Å². The second-order valence-corrected chi connectivity index (χ2v) is 25.5. The van der Waals surface area contributed by atoms with Crippen molar-refractivity contribution in [3.63, 3.8) is 0 Å². The summed E-state index contributed by atoms with van der Waals surface area (Å²) >= 11 is 0. The zero-order valence-electron chi connectivity index (χ0n) is 35.4. The minimum absolute atomic E-state index is 0.00518. The van der Waals surface area contributed by atoms with Crippen molar-refractivity contribution in [2.24, 2.45) is 41.4 Å². The van der Waals surface area contributed by atoms with E-state index >= 15 is 0 Å². The fourth-order valence-corrected chi connectivity index (χ4v) is 17.8. The summed E-state index contributed by atoms with van der Waals surface area (Å²) in [5.41, 5.74) is 0.860. The minimum atomic E-state index is -2.25. The largest absolute Gasteiger partial charge is 0.410 e. The summed E-state index contributed by atoms with van der Waals surface area (Å²) in [6.07, 6.45) is 4.68. The molecule has 0 bridgehead atoms. The van der Waals surface area contributed by atoms with Crippen LogP contribution in [0.1, 0.15) is 135 Å². The number of fused-ring (bicyclic) bond motifs is 4. The second-order valence-electron chi connectivity index (χ2n) is 20.1. The Kier molecular flexibility index (Phi) is 12.5. The molecule has 6 heterocycles. The molecule has 6 aliphatic rings. The van der Waals surface area contributed by atoms with E-state index in [-0.39, 0.29) is 85.2 Å². The molecule has 1 N–H and O–H groups in total.